The minimum Gasteiger partial charge on any atom is -0.364 e. The Morgan fingerprint density at radius 2 is 1.57 bits per heavy atom. The van der Waals surface area contributed by atoms with E-state index in [1.54, 1.807) is 0 Å². The number of rotatable bonds is 3. The van der Waals surface area contributed by atoms with E-state index in [9.17, 15) is 5.11 Å². The van der Waals surface area contributed by atoms with Crippen molar-refractivity contribution >= 4 is 0 Å². The summed E-state index contributed by atoms with van der Waals surface area (Å²) in [5.41, 5.74) is 0.797. The Hall–Kier alpha value is -0.860. The van der Waals surface area contributed by atoms with Gasteiger partial charge in [0.05, 0.1) is 6.10 Å². The molecule has 1 aromatic rings. The predicted octanol–water partition coefficient (Wildman–Crippen LogP) is 3.13. The molecule has 0 aliphatic carbocycles. The first-order valence-electron chi connectivity index (χ1n) is 5.08. The molecular formula is C12H20O2. The van der Waals surface area contributed by atoms with Crippen LogP contribution in [0.5, 0.6) is 0 Å². The topological polar surface area (TPSA) is 29.5 Å². The molecule has 1 unspecified atom stereocenters. The van der Waals surface area contributed by atoms with Gasteiger partial charge in [0.25, 0.3) is 0 Å². The van der Waals surface area contributed by atoms with Crippen LogP contribution < -0.4 is 0 Å². The summed E-state index contributed by atoms with van der Waals surface area (Å²) in [5, 5.41) is 9.47. The van der Waals surface area contributed by atoms with Crippen molar-refractivity contribution in [3.05, 3.63) is 35.9 Å². The Labute approximate surface area is 86.5 Å². The van der Waals surface area contributed by atoms with Crippen LogP contribution in [0.1, 0.15) is 39.5 Å². The average Bonchev–Trinajstić information content (AvgIpc) is 2.21. The zero-order chi connectivity index (χ0) is 11.0. The van der Waals surface area contributed by atoms with Crippen molar-refractivity contribution in [2.45, 2.75) is 40.1 Å². The highest BCUT2D eigenvalue weighted by atomic mass is 16.6. The van der Waals surface area contributed by atoms with E-state index in [4.69, 9.17) is 4.74 Å². The Morgan fingerprint density at radius 1 is 1.07 bits per heavy atom. The van der Waals surface area contributed by atoms with Crippen molar-refractivity contribution in [2.75, 3.05) is 0 Å². The van der Waals surface area contributed by atoms with Crippen molar-refractivity contribution in [3.63, 3.8) is 0 Å². The molecule has 0 fully saturated rings. The van der Waals surface area contributed by atoms with Crippen LogP contribution in [0.4, 0.5) is 0 Å². The second-order valence-electron chi connectivity index (χ2n) is 2.95. The highest BCUT2D eigenvalue weighted by Crippen LogP contribution is 2.14. The van der Waals surface area contributed by atoms with E-state index in [0.717, 1.165) is 5.56 Å². The summed E-state index contributed by atoms with van der Waals surface area (Å²) >= 11 is 0. The van der Waals surface area contributed by atoms with Gasteiger partial charge in [0, 0.05) is 5.56 Å². The second-order valence-corrected chi connectivity index (χ2v) is 2.95. The van der Waals surface area contributed by atoms with Gasteiger partial charge in [-0.1, -0.05) is 44.2 Å². The van der Waals surface area contributed by atoms with Gasteiger partial charge in [0.2, 0.25) is 0 Å². The maximum absolute atomic E-state index is 9.47. The van der Waals surface area contributed by atoms with Crippen molar-refractivity contribution in [2.24, 2.45) is 0 Å². The second kappa shape index (κ2) is 7.54. The molecule has 0 spiro atoms. The molecule has 1 atom stereocenters. The molecule has 0 saturated heterocycles. The van der Waals surface area contributed by atoms with Crippen LogP contribution in [0.2, 0.25) is 0 Å². The van der Waals surface area contributed by atoms with Crippen molar-refractivity contribution in [3.8, 4) is 0 Å². The minimum atomic E-state index is -0.800. The van der Waals surface area contributed by atoms with E-state index in [-0.39, 0.29) is 6.10 Å². The zero-order valence-corrected chi connectivity index (χ0v) is 9.40. The largest absolute Gasteiger partial charge is 0.364 e. The number of hydrogen-bond acceptors (Lipinski definition) is 2. The minimum absolute atomic E-state index is 0.0419. The third-order valence-corrected chi connectivity index (χ3v) is 1.49. The molecule has 1 rings (SSSR count). The van der Waals surface area contributed by atoms with Gasteiger partial charge in [-0.05, 0) is 13.8 Å². The van der Waals surface area contributed by atoms with Gasteiger partial charge in [-0.3, -0.25) is 0 Å². The molecule has 1 N–H and O–H groups in total. The Kier molecular flexibility index (Phi) is 7.07. The van der Waals surface area contributed by atoms with Crippen LogP contribution >= 0.6 is 0 Å². The van der Waals surface area contributed by atoms with Gasteiger partial charge in [-0.15, -0.1) is 0 Å². The van der Waals surface area contributed by atoms with E-state index < -0.39 is 6.29 Å². The van der Waals surface area contributed by atoms with E-state index >= 15 is 0 Å². The summed E-state index contributed by atoms with van der Waals surface area (Å²) in [6, 6.07) is 9.34. The van der Waals surface area contributed by atoms with Crippen LogP contribution in [0, 0.1) is 0 Å². The number of ether oxygens (including phenoxy) is 1. The highest BCUT2D eigenvalue weighted by Gasteiger charge is 2.07. The normalized spacial score (nSPS) is 11.9. The Morgan fingerprint density at radius 3 is 2.00 bits per heavy atom. The predicted molar refractivity (Wildman–Crippen MR) is 59.0 cm³/mol. The number of aliphatic hydroxyl groups excluding tert-OH is 1. The lowest BCUT2D eigenvalue weighted by molar-refractivity contribution is -0.129. The standard InChI is InChI=1S/C10H14O2.C2H6/c1-8(2)12-10(11)9-6-4-3-5-7-9;1-2/h3-8,10-11H,1-2H3;1-2H3. The van der Waals surface area contributed by atoms with Crippen molar-refractivity contribution < 1.29 is 9.84 Å². The fourth-order valence-corrected chi connectivity index (χ4v) is 0.954. The van der Waals surface area contributed by atoms with Crippen LogP contribution in [-0.2, 0) is 4.74 Å². The zero-order valence-electron chi connectivity index (χ0n) is 9.40. The molecule has 1 aromatic carbocycles. The quantitative estimate of drug-likeness (QED) is 0.753. The summed E-state index contributed by atoms with van der Waals surface area (Å²) in [6.07, 6.45) is -0.758. The number of hydrogen-bond donors (Lipinski definition) is 1. The molecule has 0 aromatic heterocycles. The first kappa shape index (κ1) is 13.1. The molecule has 2 nitrogen and oxygen atoms in total. The van der Waals surface area contributed by atoms with E-state index in [2.05, 4.69) is 0 Å². The fraction of sp³-hybridized carbons (Fsp3) is 0.500. The van der Waals surface area contributed by atoms with E-state index in [1.807, 2.05) is 58.0 Å². The monoisotopic (exact) mass is 196 g/mol. The first-order chi connectivity index (χ1) is 6.70. The molecular weight excluding hydrogens is 176 g/mol. The third kappa shape index (κ3) is 5.00. The van der Waals surface area contributed by atoms with Gasteiger partial charge in [0.15, 0.2) is 6.29 Å². The lowest BCUT2D eigenvalue weighted by Crippen LogP contribution is -2.09. The molecule has 0 saturated carbocycles. The average molecular weight is 196 g/mol. The van der Waals surface area contributed by atoms with Crippen LogP contribution in [0.3, 0.4) is 0 Å². The highest BCUT2D eigenvalue weighted by molar-refractivity contribution is 5.15. The van der Waals surface area contributed by atoms with Gasteiger partial charge >= 0.3 is 0 Å². The van der Waals surface area contributed by atoms with Crippen LogP contribution in [0.25, 0.3) is 0 Å². The molecule has 0 bridgehead atoms. The van der Waals surface area contributed by atoms with E-state index in [1.165, 1.54) is 0 Å². The van der Waals surface area contributed by atoms with Crippen LogP contribution in [0.15, 0.2) is 30.3 Å². The first-order valence-corrected chi connectivity index (χ1v) is 5.08. The van der Waals surface area contributed by atoms with Gasteiger partial charge < -0.3 is 9.84 Å². The molecule has 0 radical (unpaired) electrons. The fourth-order valence-electron chi connectivity index (χ4n) is 0.954. The summed E-state index contributed by atoms with van der Waals surface area (Å²) in [6.45, 7) is 7.79. The Balaban J connectivity index is 0.000000791. The van der Waals surface area contributed by atoms with Crippen molar-refractivity contribution in [1.29, 1.82) is 0 Å². The van der Waals surface area contributed by atoms with Gasteiger partial charge in [-0.2, -0.15) is 0 Å². The lowest BCUT2D eigenvalue weighted by Gasteiger charge is -2.14. The maximum atomic E-state index is 9.47. The van der Waals surface area contributed by atoms with Gasteiger partial charge in [-0.25, -0.2) is 0 Å². The molecule has 0 aliphatic heterocycles. The van der Waals surface area contributed by atoms with Crippen LogP contribution in [-0.4, -0.2) is 11.2 Å². The third-order valence-electron chi connectivity index (χ3n) is 1.49. The summed E-state index contributed by atoms with van der Waals surface area (Å²) < 4.78 is 5.19. The Bertz CT molecular complexity index is 219. The van der Waals surface area contributed by atoms with Gasteiger partial charge in [0.1, 0.15) is 0 Å². The molecule has 80 valence electrons. The van der Waals surface area contributed by atoms with Crippen molar-refractivity contribution in [1.82, 2.24) is 0 Å². The number of aliphatic hydroxyl groups is 1. The maximum Gasteiger partial charge on any atom is 0.181 e. The summed E-state index contributed by atoms with van der Waals surface area (Å²) in [5.74, 6) is 0. The summed E-state index contributed by atoms with van der Waals surface area (Å²) in [7, 11) is 0. The molecule has 0 aliphatic rings. The molecule has 14 heavy (non-hydrogen) atoms. The molecule has 0 amide bonds. The molecule has 2 heteroatoms. The smallest absolute Gasteiger partial charge is 0.181 e. The van der Waals surface area contributed by atoms with E-state index in [0.29, 0.717) is 0 Å². The number of benzene rings is 1. The lowest BCUT2D eigenvalue weighted by atomic mass is 10.2. The molecule has 0 heterocycles. The SMILES string of the molecule is CC.CC(C)OC(O)c1ccccc1. The summed E-state index contributed by atoms with van der Waals surface area (Å²) in [4.78, 5) is 0.